The summed E-state index contributed by atoms with van der Waals surface area (Å²) in [6, 6.07) is 0.245. The maximum atomic E-state index is 11.6. The number of rotatable bonds is 5. The standard InChI is InChI=1S/C10H18N4O/c1-8(2)14-10(11-7-12-14)5-9(15)6-13(3)4/h7-8H,5-6H2,1-4H3. The van der Waals surface area contributed by atoms with Gasteiger partial charge in [-0.25, -0.2) is 9.67 Å². The maximum Gasteiger partial charge on any atom is 0.154 e. The minimum absolute atomic E-state index is 0.162. The summed E-state index contributed by atoms with van der Waals surface area (Å²) in [7, 11) is 3.76. The Morgan fingerprint density at radius 3 is 2.73 bits per heavy atom. The fourth-order valence-electron chi connectivity index (χ4n) is 1.42. The highest BCUT2D eigenvalue weighted by atomic mass is 16.1. The zero-order valence-corrected chi connectivity index (χ0v) is 9.77. The third-order valence-corrected chi connectivity index (χ3v) is 1.98. The van der Waals surface area contributed by atoms with Crippen LogP contribution in [0.25, 0.3) is 0 Å². The number of likely N-dealkylation sites (N-methyl/N-ethyl adjacent to an activating group) is 1. The lowest BCUT2D eigenvalue weighted by atomic mass is 10.2. The first-order valence-electron chi connectivity index (χ1n) is 5.05. The molecule has 5 heteroatoms. The topological polar surface area (TPSA) is 51.0 Å². The van der Waals surface area contributed by atoms with Crippen LogP contribution in [-0.4, -0.2) is 46.1 Å². The highest BCUT2D eigenvalue weighted by molar-refractivity contribution is 5.82. The fourth-order valence-corrected chi connectivity index (χ4v) is 1.42. The van der Waals surface area contributed by atoms with E-state index >= 15 is 0 Å². The van der Waals surface area contributed by atoms with Crippen molar-refractivity contribution in [2.75, 3.05) is 20.6 Å². The summed E-state index contributed by atoms with van der Waals surface area (Å²) in [6.07, 6.45) is 1.86. The first-order chi connectivity index (χ1) is 7.00. The predicted molar refractivity (Wildman–Crippen MR) is 57.7 cm³/mol. The predicted octanol–water partition coefficient (Wildman–Crippen LogP) is 0.532. The third kappa shape index (κ3) is 3.43. The summed E-state index contributed by atoms with van der Waals surface area (Å²) in [4.78, 5) is 17.5. The summed E-state index contributed by atoms with van der Waals surface area (Å²) in [5.74, 6) is 0.909. The van der Waals surface area contributed by atoms with Crippen molar-refractivity contribution in [3.8, 4) is 0 Å². The molecule has 0 bridgehead atoms. The molecule has 0 unspecified atom stereocenters. The van der Waals surface area contributed by atoms with Crippen LogP contribution in [0.4, 0.5) is 0 Å². The Morgan fingerprint density at radius 2 is 2.20 bits per heavy atom. The van der Waals surface area contributed by atoms with Crippen molar-refractivity contribution in [1.82, 2.24) is 19.7 Å². The van der Waals surface area contributed by atoms with E-state index in [-0.39, 0.29) is 11.8 Å². The van der Waals surface area contributed by atoms with E-state index < -0.39 is 0 Å². The average Bonchev–Trinajstić information content (AvgIpc) is 2.50. The molecule has 5 nitrogen and oxygen atoms in total. The molecular weight excluding hydrogens is 192 g/mol. The fraction of sp³-hybridized carbons (Fsp3) is 0.700. The summed E-state index contributed by atoms with van der Waals surface area (Å²) in [6.45, 7) is 4.49. The van der Waals surface area contributed by atoms with Gasteiger partial charge in [-0.15, -0.1) is 0 Å². The lowest BCUT2D eigenvalue weighted by Gasteiger charge is -2.10. The molecule has 0 saturated heterocycles. The molecule has 0 spiro atoms. The van der Waals surface area contributed by atoms with Crippen LogP contribution in [0.15, 0.2) is 6.33 Å². The SMILES string of the molecule is CC(C)n1ncnc1CC(=O)CN(C)C. The van der Waals surface area contributed by atoms with E-state index in [9.17, 15) is 4.79 Å². The lowest BCUT2D eigenvalue weighted by molar-refractivity contribution is -0.119. The van der Waals surface area contributed by atoms with E-state index in [2.05, 4.69) is 10.1 Å². The number of carbonyl (C=O) groups excluding carboxylic acids is 1. The van der Waals surface area contributed by atoms with Crippen molar-refractivity contribution in [3.63, 3.8) is 0 Å². The van der Waals surface area contributed by atoms with E-state index in [1.165, 1.54) is 6.33 Å². The first kappa shape index (κ1) is 11.8. The number of Topliss-reactive ketones (excluding diaryl/α,β-unsaturated/α-hetero) is 1. The maximum absolute atomic E-state index is 11.6. The van der Waals surface area contributed by atoms with Crippen LogP contribution in [0.5, 0.6) is 0 Å². The van der Waals surface area contributed by atoms with Gasteiger partial charge in [0.25, 0.3) is 0 Å². The van der Waals surface area contributed by atoms with Crippen LogP contribution in [0.1, 0.15) is 25.7 Å². The minimum Gasteiger partial charge on any atom is -0.302 e. The van der Waals surface area contributed by atoms with Gasteiger partial charge in [0.1, 0.15) is 12.2 Å². The van der Waals surface area contributed by atoms with Crippen LogP contribution in [0.3, 0.4) is 0 Å². The molecule has 0 N–H and O–H groups in total. The Hall–Kier alpha value is -1.23. The smallest absolute Gasteiger partial charge is 0.154 e. The largest absolute Gasteiger partial charge is 0.302 e. The zero-order valence-electron chi connectivity index (χ0n) is 9.77. The van der Waals surface area contributed by atoms with Gasteiger partial charge in [-0.2, -0.15) is 5.10 Å². The number of aromatic nitrogens is 3. The second kappa shape index (κ2) is 5.02. The Kier molecular flexibility index (Phi) is 3.96. The van der Waals surface area contributed by atoms with Crippen LogP contribution in [-0.2, 0) is 11.2 Å². The van der Waals surface area contributed by atoms with Crippen molar-refractivity contribution in [1.29, 1.82) is 0 Å². The normalized spacial score (nSPS) is 11.3. The molecule has 0 aliphatic rings. The molecule has 0 aromatic carbocycles. The molecule has 1 heterocycles. The Bertz CT molecular complexity index is 330. The highest BCUT2D eigenvalue weighted by Crippen LogP contribution is 2.05. The molecule has 1 rings (SSSR count). The van der Waals surface area contributed by atoms with Crippen LogP contribution in [0.2, 0.25) is 0 Å². The summed E-state index contributed by atoms with van der Waals surface area (Å²) >= 11 is 0. The molecule has 0 amide bonds. The molecule has 0 aliphatic heterocycles. The molecule has 0 atom stereocenters. The van der Waals surface area contributed by atoms with Crippen molar-refractivity contribution in [2.24, 2.45) is 0 Å². The molecule has 0 saturated carbocycles. The molecule has 84 valence electrons. The highest BCUT2D eigenvalue weighted by Gasteiger charge is 2.12. The van der Waals surface area contributed by atoms with Gasteiger partial charge in [0.15, 0.2) is 5.78 Å². The minimum atomic E-state index is 0.162. The van der Waals surface area contributed by atoms with Crippen molar-refractivity contribution in [2.45, 2.75) is 26.3 Å². The zero-order chi connectivity index (χ0) is 11.4. The molecule has 1 aromatic heterocycles. The number of hydrogen-bond acceptors (Lipinski definition) is 4. The second-order valence-electron chi connectivity index (χ2n) is 4.17. The quantitative estimate of drug-likeness (QED) is 0.711. The third-order valence-electron chi connectivity index (χ3n) is 1.98. The molecule has 15 heavy (non-hydrogen) atoms. The first-order valence-corrected chi connectivity index (χ1v) is 5.05. The molecule has 0 aliphatic carbocycles. The van der Waals surface area contributed by atoms with Gasteiger partial charge in [-0.3, -0.25) is 4.79 Å². The van der Waals surface area contributed by atoms with Crippen molar-refractivity contribution >= 4 is 5.78 Å². The van der Waals surface area contributed by atoms with Gasteiger partial charge in [-0.1, -0.05) is 0 Å². The van der Waals surface area contributed by atoms with Gasteiger partial charge < -0.3 is 4.90 Å². The van der Waals surface area contributed by atoms with Gasteiger partial charge >= 0.3 is 0 Å². The van der Waals surface area contributed by atoms with E-state index in [0.29, 0.717) is 13.0 Å². The summed E-state index contributed by atoms with van der Waals surface area (Å²) in [5, 5.41) is 4.09. The monoisotopic (exact) mass is 210 g/mol. The molecule has 0 radical (unpaired) electrons. The van der Waals surface area contributed by atoms with E-state index in [4.69, 9.17) is 0 Å². The van der Waals surface area contributed by atoms with E-state index in [1.54, 1.807) is 4.68 Å². The number of ketones is 1. The molecular formula is C10H18N4O. The lowest BCUT2D eigenvalue weighted by Crippen LogP contribution is -2.24. The van der Waals surface area contributed by atoms with Crippen LogP contribution < -0.4 is 0 Å². The number of nitrogens with zero attached hydrogens (tertiary/aromatic N) is 4. The van der Waals surface area contributed by atoms with E-state index in [1.807, 2.05) is 32.8 Å². The van der Waals surface area contributed by atoms with Crippen LogP contribution >= 0.6 is 0 Å². The Balaban J connectivity index is 2.64. The van der Waals surface area contributed by atoms with Crippen molar-refractivity contribution < 1.29 is 4.79 Å². The summed E-state index contributed by atoms with van der Waals surface area (Å²) in [5.41, 5.74) is 0. The van der Waals surface area contributed by atoms with Gasteiger partial charge in [-0.05, 0) is 27.9 Å². The molecule has 0 fully saturated rings. The van der Waals surface area contributed by atoms with Gasteiger partial charge in [0.05, 0.1) is 13.0 Å². The van der Waals surface area contributed by atoms with E-state index in [0.717, 1.165) is 5.82 Å². The average molecular weight is 210 g/mol. The number of hydrogen-bond donors (Lipinski definition) is 0. The Labute approximate surface area is 90.1 Å². The van der Waals surface area contributed by atoms with Crippen LogP contribution in [0, 0.1) is 0 Å². The molecule has 1 aromatic rings. The summed E-state index contributed by atoms with van der Waals surface area (Å²) < 4.78 is 1.79. The second-order valence-corrected chi connectivity index (χ2v) is 4.17. The van der Waals surface area contributed by atoms with Crippen molar-refractivity contribution in [3.05, 3.63) is 12.2 Å². The Morgan fingerprint density at radius 1 is 1.53 bits per heavy atom. The number of carbonyl (C=O) groups is 1. The van der Waals surface area contributed by atoms with Gasteiger partial charge in [0.2, 0.25) is 0 Å². The van der Waals surface area contributed by atoms with Gasteiger partial charge in [0, 0.05) is 6.04 Å².